The van der Waals surface area contributed by atoms with E-state index in [1.54, 1.807) is 11.8 Å². The number of hydrogen-bond acceptors (Lipinski definition) is 3. The average molecular weight is 136 g/mol. The molecule has 42 valence electrons. The van der Waals surface area contributed by atoms with Gasteiger partial charge < -0.3 is 5.11 Å². The van der Waals surface area contributed by atoms with Crippen LogP contribution in [0.15, 0.2) is 0 Å². The lowest BCUT2D eigenvalue weighted by Crippen LogP contribution is -2.16. The van der Waals surface area contributed by atoms with Crippen molar-refractivity contribution in [2.45, 2.75) is 11.4 Å². The summed E-state index contributed by atoms with van der Waals surface area (Å²) in [6, 6.07) is 0. The van der Waals surface area contributed by atoms with Crippen LogP contribution >= 0.6 is 24.4 Å². The lowest BCUT2D eigenvalue weighted by atomic mass is 10.3. The second-order valence-electron chi connectivity index (χ2n) is 1.67. The van der Waals surface area contributed by atoms with Crippen LogP contribution < -0.4 is 0 Å². The molecule has 0 aromatic heterocycles. The molecule has 2 atom stereocenters. The fourth-order valence-corrected chi connectivity index (χ4v) is 2.17. The maximum absolute atomic E-state index is 8.90. The molecule has 1 heterocycles. The van der Waals surface area contributed by atoms with Gasteiger partial charge in [-0.2, -0.15) is 24.4 Å². The third-order valence-corrected chi connectivity index (χ3v) is 2.97. The molecule has 0 aromatic rings. The summed E-state index contributed by atoms with van der Waals surface area (Å²) in [6.45, 7) is 0. The molecule has 1 nitrogen and oxygen atoms in total. The first kappa shape index (κ1) is 5.79. The zero-order chi connectivity index (χ0) is 5.28. The molecule has 1 saturated heterocycles. The number of aliphatic hydroxyl groups excluding tert-OH is 1. The van der Waals surface area contributed by atoms with Crippen molar-refractivity contribution in [3.63, 3.8) is 0 Å². The van der Waals surface area contributed by atoms with Gasteiger partial charge in [-0.25, -0.2) is 0 Å². The van der Waals surface area contributed by atoms with Gasteiger partial charge in [-0.05, 0) is 0 Å². The van der Waals surface area contributed by atoms with Crippen LogP contribution in [-0.4, -0.2) is 28.0 Å². The minimum absolute atomic E-state index is 0.159. The second-order valence-corrected chi connectivity index (χ2v) is 3.41. The fraction of sp³-hybridized carbons (Fsp3) is 1.00. The molecule has 1 rings (SSSR count). The predicted octanol–water partition coefficient (Wildman–Crippen LogP) is 0.393. The van der Waals surface area contributed by atoms with Crippen molar-refractivity contribution in [3.8, 4) is 0 Å². The Kier molecular flexibility index (Phi) is 1.89. The molecule has 1 N–H and O–H groups in total. The zero-order valence-corrected chi connectivity index (χ0v) is 5.58. The monoisotopic (exact) mass is 136 g/mol. The van der Waals surface area contributed by atoms with Crippen LogP contribution in [0.2, 0.25) is 0 Å². The van der Waals surface area contributed by atoms with Crippen LogP contribution in [0.1, 0.15) is 0 Å². The Hall–Kier alpha value is 0.660. The van der Waals surface area contributed by atoms with Crippen LogP contribution in [0.25, 0.3) is 0 Å². The Labute approximate surface area is 52.9 Å². The number of thioether (sulfide) groups is 1. The van der Waals surface area contributed by atoms with Gasteiger partial charge in [0.1, 0.15) is 0 Å². The summed E-state index contributed by atoms with van der Waals surface area (Å²) in [4.78, 5) is 0. The van der Waals surface area contributed by atoms with Crippen LogP contribution in [0.4, 0.5) is 0 Å². The standard InChI is InChI=1S/C4H8OS2/c5-3-1-7-2-4(3)6/h3-6H,1-2H2/t3-,4-/m1/s1. The van der Waals surface area contributed by atoms with Crippen molar-refractivity contribution in [1.29, 1.82) is 0 Å². The van der Waals surface area contributed by atoms with E-state index in [-0.39, 0.29) is 11.4 Å². The van der Waals surface area contributed by atoms with Crippen molar-refractivity contribution in [2.24, 2.45) is 0 Å². The Morgan fingerprint density at radius 1 is 1.57 bits per heavy atom. The van der Waals surface area contributed by atoms with E-state index >= 15 is 0 Å². The van der Waals surface area contributed by atoms with E-state index < -0.39 is 0 Å². The highest BCUT2D eigenvalue weighted by Crippen LogP contribution is 2.21. The van der Waals surface area contributed by atoms with E-state index in [1.807, 2.05) is 0 Å². The van der Waals surface area contributed by atoms with E-state index in [0.717, 1.165) is 11.5 Å². The topological polar surface area (TPSA) is 20.2 Å². The molecule has 1 aliphatic heterocycles. The Morgan fingerprint density at radius 3 is 2.43 bits per heavy atom. The normalized spacial score (nSPS) is 42.0. The molecule has 0 radical (unpaired) electrons. The van der Waals surface area contributed by atoms with E-state index in [2.05, 4.69) is 12.6 Å². The maximum atomic E-state index is 8.90. The zero-order valence-electron chi connectivity index (χ0n) is 3.87. The van der Waals surface area contributed by atoms with Crippen molar-refractivity contribution in [2.75, 3.05) is 11.5 Å². The van der Waals surface area contributed by atoms with Gasteiger partial charge in [0.05, 0.1) is 6.10 Å². The summed E-state index contributed by atoms with van der Waals surface area (Å²) in [7, 11) is 0. The first-order valence-corrected chi connectivity index (χ1v) is 3.91. The van der Waals surface area contributed by atoms with E-state index in [9.17, 15) is 0 Å². The lowest BCUT2D eigenvalue weighted by Gasteiger charge is -2.01. The average Bonchev–Trinajstić information content (AvgIpc) is 1.91. The van der Waals surface area contributed by atoms with Gasteiger partial charge in [0.15, 0.2) is 0 Å². The fourth-order valence-electron chi connectivity index (χ4n) is 0.532. The molecule has 0 unspecified atom stereocenters. The maximum Gasteiger partial charge on any atom is 0.0754 e. The van der Waals surface area contributed by atoms with Crippen LogP contribution in [0.3, 0.4) is 0 Å². The van der Waals surface area contributed by atoms with Gasteiger partial charge in [-0.1, -0.05) is 0 Å². The van der Waals surface area contributed by atoms with Crippen molar-refractivity contribution < 1.29 is 5.11 Å². The van der Waals surface area contributed by atoms with Gasteiger partial charge in [0.2, 0.25) is 0 Å². The van der Waals surface area contributed by atoms with E-state index in [1.165, 1.54) is 0 Å². The third-order valence-electron chi connectivity index (χ3n) is 1.02. The highest BCUT2D eigenvalue weighted by atomic mass is 32.2. The van der Waals surface area contributed by atoms with Crippen LogP contribution in [0, 0.1) is 0 Å². The van der Waals surface area contributed by atoms with E-state index in [0.29, 0.717) is 0 Å². The first-order chi connectivity index (χ1) is 3.30. The van der Waals surface area contributed by atoms with Crippen molar-refractivity contribution in [1.82, 2.24) is 0 Å². The predicted molar refractivity (Wildman–Crippen MR) is 36.1 cm³/mol. The number of thiol groups is 1. The summed E-state index contributed by atoms with van der Waals surface area (Å²) in [5.41, 5.74) is 0. The van der Waals surface area contributed by atoms with E-state index in [4.69, 9.17) is 5.11 Å². The molecule has 3 heteroatoms. The summed E-state index contributed by atoms with van der Waals surface area (Å²) < 4.78 is 0. The SMILES string of the molecule is O[C@@H]1CSC[C@H]1S. The van der Waals surface area contributed by atoms with Crippen molar-refractivity contribution in [3.05, 3.63) is 0 Å². The molecular formula is C4H8OS2. The molecule has 7 heavy (non-hydrogen) atoms. The molecule has 1 fully saturated rings. The summed E-state index contributed by atoms with van der Waals surface area (Å²) in [5.74, 6) is 1.87. The quantitative estimate of drug-likeness (QED) is 0.470. The van der Waals surface area contributed by atoms with Gasteiger partial charge >= 0.3 is 0 Å². The summed E-state index contributed by atoms with van der Waals surface area (Å²) in [6.07, 6.45) is -0.159. The number of hydrogen-bond donors (Lipinski definition) is 2. The summed E-state index contributed by atoms with van der Waals surface area (Å²) in [5, 5.41) is 9.13. The van der Waals surface area contributed by atoms with Gasteiger partial charge in [-0.3, -0.25) is 0 Å². The minimum atomic E-state index is -0.159. The molecule has 1 aliphatic rings. The van der Waals surface area contributed by atoms with Crippen LogP contribution in [-0.2, 0) is 0 Å². The second kappa shape index (κ2) is 2.29. The molecule has 0 spiro atoms. The highest BCUT2D eigenvalue weighted by Gasteiger charge is 2.21. The lowest BCUT2D eigenvalue weighted by molar-refractivity contribution is 0.208. The van der Waals surface area contributed by atoms with Gasteiger partial charge in [-0.15, -0.1) is 0 Å². The molecule has 0 amide bonds. The minimum Gasteiger partial charge on any atom is -0.391 e. The Balaban J connectivity index is 2.33. The molecule has 0 bridgehead atoms. The number of aliphatic hydroxyl groups is 1. The third kappa shape index (κ3) is 1.27. The Bertz CT molecular complexity index is 58.7. The molecule has 0 saturated carbocycles. The smallest absolute Gasteiger partial charge is 0.0754 e. The first-order valence-electron chi connectivity index (χ1n) is 2.24. The summed E-state index contributed by atoms with van der Waals surface area (Å²) >= 11 is 5.88. The largest absolute Gasteiger partial charge is 0.391 e. The van der Waals surface area contributed by atoms with Gasteiger partial charge in [0, 0.05) is 16.8 Å². The van der Waals surface area contributed by atoms with Gasteiger partial charge in [0.25, 0.3) is 0 Å². The molecule has 0 aromatic carbocycles. The molecule has 0 aliphatic carbocycles. The van der Waals surface area contributed by atoms with Crippen molar-refractivity contribution >= 4 is 24.4 Å². The number of rotatable bonds is 0. The highest BCUT2D eigenvalue weighted by molar-refractivity contribution is 8.00. The van der Waals surface area contributed by atoms with Crippen LogP contribution in [0.5, 0.6) is 0 Å². The Morgan fingerprint density at radius 2 is 2.29 bits per heavy atom. The molecular weight excluding hydrogens is 128 g/mol.